The lowest BCUT2D eigenvalue weighted by Crippen LogP contribution is -2.60. The number of nitrogens with zero attached hydrogens (tertiary/aromatic N) is 4. The summed E-state index contributed by atoms with van der Waals surface area (Å²) >= 11 is 0. The first-order valence-corrected chi connectivity index (χ1v) is 9.43. The number of nitrogens with two attached hydrogens (primary N) is 1. The van der Waals surface area contributed by atoms with Crippen molar-refractivity contribution in [3.63, 3.8) is 0 Å². The zero-order valence-electron chi connectivity index (χ0n) is 17.7. The topological polar surface area (TPSA) is 96.6 Å². The van der Waals surface area contributed by atoms with E-state index >= 15 is 0 Å². The lowest BCUT2D eigenvalue weighted by Gasteiger charge is -2.44. The minimum Gasteiger partial charge on any atom is -0.444 e. The molecule has 1 aromatic rings. The Bertz CT molecular complexity index is 659. The molecule has 0 radical (unpaired) electrons. The summed E-state index contributed by atoms with van der Waals surface area (Å²) in [4.78, 5) is 24.5. The average Bonchev–Trinajstić information content (AvgIpc) is 2.41. The van der Waals surface area contributed by atoms with Gasteiger partial charge in [-0.3, -0.25) is 0 Å². The molecule has 1 aliphatic rings. The van der Waals surface area contributed by atoms with Crippen molar-refractivity contribution < 1.29 is 9.53 Å². The second kappa shape index (κ2) is 7.78. The van der Waals surface area contributed by atoms with Crippen LogP contribution in [-0.4, -0.2) is 59.3 Å². The van der Waals surface area contributed by atoms with Crippen LogP contribution in [-0.2, 0) is 4.74 Å². The molecule has 1 saturated heterocycles. The molecule has 3 N–H and O–H groups in total. The molecule has 0 unspecified atom stereocenters. The zero-order valence-corrected chi connectivity index (χ0v) is 17.7. The van der Waals surface area contributed by atoms with Crippen LogP contribution in [0.4, 0.5) is 22.4 Å². The van der Waals surface area contributed by atoms with Crippen molar-refractivity contribution in [2.24, 2.45) is 5.41 Å². The van der Waals surface area contributed by atoms with Crippen molar-refractivity contribution >= 4 is 23.7 Å². The lowest BCUT2D eigenvalue weighted by molar-refractivity contribution is 0.0196. The molecular formula is C19H34N6O2. The average molecular weight is 379 g/mol. The molecule has 0 spiro atoms. The first-order chi connectivity index (χ1) is 12.3. The van der Waals surface area contributed by atoms with Crippen LogP contribution in [0, 0.1) is 5.41 Å². The number of nitrogens with one attached hydrogen (secondary N) is 1. The molecule has 1 fully saturated rings. The van der Waals surface area contributed by atoms with Gasteiger partial charge in [-0.05, 0) is 32.6 Å². The van der Waals surface area contributed by atoms with Crippen molar-refractivity contribution in [1.82, 2.24) is 14.9 Å². The molecular weight excluding hydrogens is 344 g/mol. The third kappa shape index (κ3) is 6.45. The normalized spacial score (nSPS) is 15.3. The second-order valence-corrected chi connectivity index (χ2v) is 9.36. The Morgan fingerprint density at radius 3 is 2.48 bits per heavy atom. The number of rotatable bonds is 5. The molecule has 1 amide bonds. The van der Waals surface area contributed by atoms with Gasteiger partial charge in [-0.2, -0.15) is 9.97 Å². The van der Waals surface area contributed by atoms with Gasteiger partial charge in [-0.15, -0.1) is 0 Å². The molecule has 2 rings (SSSR count). The van der Waals surface area contributed by atoms with Gasteiger partial charge in [-0.25, -0.2) is 4.79 Å². The summed E-state index contributed by atoms with van der Waals surface area (Å²) in [6.45, 7) is 14.4. The fraction of sp³-hybridized carbons (Fsp3) is 0.737. The molecule has 8 nitrogen and oxygen atoms in total. The van der Waals surface area contributed by atoms with Gasteiger partial charge >= 0.3 is 6.09 Å². The third-order valence-electron chi connectivity index (χ3n) is 4.33. The Morgan fingerprint density at radius 1 is 1.30 bits per heavy atom. The number of nitrogen functional groups attached to an aromatic ring is 1. The van der Waals surface area contributed by atoms with Crippen LogP contribution in [0.25, 0.3) is 0 Å². The van der Waals surface area contributed by atoms with Gasteiger partial charge in [0.15, 0.2) is 0 Å². The van der Waals surface area contributed by atoms with E-state index in [2.05, 4.69) is 41.0 Å². The van der Waals surface area contributed by atoms with E-state index in [1.807, 2.05) is 26.8 Å². The summed E-state index contributed by atoms with van der Waals surface area (Å²) in [5.41, 5.74) is 5.63. The zero-order chi connectivity index (χ0) is 20.4. The molecule has 1 aromatic heterocycles. The highest BCUT2D eigenvalue weighted by atomic mass is 16.6. The molecule has 0 aromatic carbocycles. The number of hydrogen-bond donors (Lipinski definition) is 2. The maximum atomic E-state index is 12.2. The number of likely N-dealkylation sites (N-methyl/N-ethyl adjacent to an activating group) is 1. The summed E-state index contributed by atoms with van der Waals surface area (Å²) in [6, 6.07) is 2.00. The fourth-order valence-electron chi connectivity index (χ4n) is 2.64. The fourth-order valence-corrected chi connectivity index (χ4v) is 2.64. The summed E-state index contributed by atoms with van der Waals surface area (Å²) in [7, 11) is 1.77. The van der Waals surface area contributed by atoms with E-state index < -0.39 is 5.60 Å². The molecule has 0 aliphatic carbocycles. The van der Waals surface area contributed by atoms with Crippen molar-refractivity contribution in [2.45, 2.75) is 59.6 Å². The number of ether oxygens (including phenoxy) is 1. The Morgan fingerprint density at radius 2 is 1.93 bits per heavy atom. The summed E-state index contributed by atoms with van der Waals surface area (Å²) in [5, 5.41) is 3.32. The predicted octanol–water partition coefficient (Wildman–Crippen LogP) is 2.96. The molecule has 27 heavy (non-hydrogen) atoms. The largest absolute Gasteiger partial charge is 0.444 e. The molecule has 8 heteroatoms. The Hall–Kier alpha value is -2.25. The number of carbonyl (C=O) groups excluding carboxylic acids is 1. The number of hydrogen-bond acceptors (Lipinski definition) is 7. The van der Waals surface area contributed by atoms with Crippen LogP contribution in [0.5, 0.6) is 0 Å². The van der Waals surface area contributed by atoms with Gasteiger partial charge in [0.2, 0.25) is 5.95 Å². The highest BCUT2D eigenvalue weighted by Gasteiger charge is 2.35. The van der Waals surface area contributed by atoms with Crippen molar-refractivity contribution in [2.75, 3.05) is 42.6 Å². The predicted molar refractivity (Wildman–Crippen MR) is 109 cm³/mol. The standard InChI is InChI=1S/C19H34N6O2/c1-18(2,3)8-9-21-14-10-15(23-16(20)22-14)25-11-13(12-25)24(7)17(26)27-19(4,5)6/h10,13H,8-9,11-12H2,1-7H3,(H3,20,21,22,23). The first-order valence-electron chi connectivity index (χ1n) is 9.43. The van der Waals surface area contributed by atoms with Gasteiger partial charge in [-0.1, -0.05) is 20.8 Å². The van der Waals surface area contributed by atoms with E-state index in [-0.39, 0.29) is 23.5 Å². The first kappa shape index (κ1) is 21.1. The second-order valence-electron chi connectivity index (χ2n) is 9.36. The number of amides is 1. The van der Waals surface area contributed by atoms with E-state index in [0.717, 1.165) is 24.6 Å². The minimum absolute atomic E-state index is 0.0911. The highest BCUT2D eigenvalue weighted by Crippen LogP contribution is 2.25. The minimum atomic E-state index is -0.497. The smallest absolute Gasteiger partial charge is 0.410 e. The van der Waals surface area contributed by atoms with Crippen LogP contribution in [0.2, 0.25) is 0 Å². The monoisotopic (exact) mass is 378 g/mol. The van der Waals surface area contributed by atoms with Crippen LogP contribution in [0.1, 0.15) is 48.0 Å². The molecule has 1 aliphatic heterocycles. The van der Waals surface area contributed by atoms with Crippen LogP contribution < -0.4 is 16.0 Å². The van der Waals surface area contributed by atoms with Gasteiger partial charge in [0.1, 0.15) is 17.2 Å². The van der Waals surface area contributed by atoms with E-state index in [1.54, 1.807) is 11.9 Å². The van der Waals surface area contributed by atoms with Gasteiger partial charge < -0.3 is 25.6 Å². The van der Waals surface area contributed by atoms with Crippen molar-refractivity contribution in [3.8, 4) is 0 Å². The SMILES string of the molecule is CN(C(=O)OC(C)(C)C)C1CN(c2cc(NCCC(C)(C)C)nc(N)n2)C1. The summed E-state index contributed by atoms with van der Waals surface area (Å²) in [6.07, 6.45) is 0.720. The lowest BCUT2D eigenvalue weighted by atomic mass is 9.92. The maximum Gasteiger partial charge on any atom is 0.410 e. The molecule has 0 bridgehead atoms. The van der Waals surface area contributed by atoms with E-state index in [0.29, 0.717) is 13.1 Å². The quantitative estimate of drug-likeness (QED) is 0.813. The molecule has 152 valence electrons. The van der Waals surface area contributed by atoms with Gasteiger partial charge in [0, 0.05) is 32.7 Å². The molecule has 2 heterocycles. The number of aromatic nitrogens is 2. The summed E-state index contributed by atoms with van der Waals surface area (Å²) in [5.74, 6) is 1.75. The van der Waals surface area contributed by atoms with Gasteiger partial charge in [0.05, 0.1) is 6.04 Å². The van der Waals surface area contributed by atoms with Crippen molar-refractivity contribution in [3.05, 3.63) is 6.07 Å². The summed E-state index contributed by atoms with van der Waals surface area (Å²) < 4.78 is 5.42. The molecule has 0 atom stereocenters. The Labute approximate surface area is 162 Å². The maximum absolute atomic E-state index is 12.2. The van der Waals surface area contributed by atoms with Crippen LogP contribution in [0.3, 0.4) is 0 Å². The Kier molecular flexibility index (Phi) is 6.07. The van der Waals surface area contributed by atoms with Crippen molar-refractivity contribution in [1.29, 1.82) is 0 Å². The number of anilines is 3. The highest BCUT2D eigenvalue weighted by molar-refractivity contribution is 5.69. The molecule has 0 saturated carbocycles. The van der Waals surface area contributed by atoms with E-state index in [4.69, 9.17) is 10.5 Å². The van der Waals surface area contributed by atoms with E-state index in [1.165, 1.54) is 0 Å². The van der Waals surface area contributed by atoms with Gasteiger partial charge in [0.25, 0.3) is 0 Å². The van der Waals surface area contributed by atoms with Crippen LogP contribution in [0.15, 0.2) is 6.07 Å². The third-order valence-corrected chi connectivity index (χ3v) is 4.33. The van der Waals surface area contributed by atoms with Crippen LogP contribution >= 0.6 is 0 Å². The Balaban J connectivity index is 1.92. The number of carbonyl (C=O) groups is 1. The van der Waals surface area contributed by atoms with E-state index in [9.17, 15) is 4.79 Å².